The zero-order valence-electron chi connectivity index (χ0n) is 23.2. The SMILES string of the molecule is CCCC1CCCCN1C(=O)C1=CC(c2ccccc2C#N)CC(C(=O)OCC(N)(CO)Cc2ccccc2)=C1. The van der Waals surface area contributed by atoms with Crippen molar-refractivity contribution in [2.75, 3.05) is 19.8 Å². The number of allylic oxidation sites excluding steroid dienone is 1. The van der Waals surface area contributed by atoms with Crippen LogP contribution >= 0.6 is 0 Å². The van der Waals surface area contributed by atoms with Crippen LogP contribution in [0.5, 0.6) is 0 Å². The predicted molar refractivity (Wildman–Crippen MR) is 154 cm³/mol. The highest BCUT2D eigenvalue weighted by Gasteiger charge is 2.33. The van der Waals surface area contributed by atoms with Crippen molar-refractivity contribution < 1.29 is 19.4 Å². The minimum atomic E-state index is -1.14. The zero-order chi connectivity index (χ0) is 28.5. The molecular weight excluding hydrogens is 502 g/mol. The van der Waals surface area contributed by atoms with Crippen LogP contribution in [-0.4, -0.2) is 53.2 Å². The second-order valence-electron chi connectivity index (χ2n) is 11.0. The number of nitrogens with zero attached hydrogens (tertiary/aromatic N) is 2. The molecule has 1 heterocycles. The number of hydrogen-bond acceptors (Lipinski definition) is 6. The van der Waals surface area contributed by atoms with E-state index in [9.17, 15) is 20.0 Å². The second-order valence-corrected chi connectivity index (χ2v) is 11.0. The van der Waals surface area contributed by atoms with Crippen LogP contribution < -0.4 is 5.73 Å². The van der Waals surface area contributed by atoms with E-state index in [1.54, 1.807) is 18.2 Å². The number of rotatable bonds is 10. The summed E-state index contributed by atoms with van der Waals surface area (Å²) in [7, 11) is 0. The van der Waals surface area contributed by atoms with E-state index >= 15 is 0 Å². The smallest absolute Gasteiger partial charge is 0.334 e. The molecule has 3 N–H and O–H groups in total. The molecule has 1 aliphatic carbocycles. The van der Waals surface area contributed by atoms with E-state index in [2.05, 4.69) is 13.0 Å². The Morgan fingerprint density at radius 3 is 2.62 bits per heavy atom. The van der Waals surface area contributed by atoms with Gasteiger partial charge in [-0.15, -0.1) is 0 Å². The summed E-state index contributed by atoms with van der Waals surface area (Å²) in [5.74, 6) is -0.991. The maximum atomic E-state index is 13.8. The molecule has 3 atom stereocenters. The van der Waals surface area contributed by atoms with Crippen LogP contribution in [0, 0.1) is 11.3 Å². The molecule has 1 aliphatic heterocycles. The quantitative estimate of drug-likeness (QED) is 0.426. The normalized spacial score (nSPS) is 20.5. The number of nitriles is 1. The summed E-state index contributed by atoms with van der Waals surface area (Å²) < 4.78 is 5.67. The van der Waals surface area contributed by atoms with Crippen molar-refractivity contribution in [2.24, 2.45) is 5.73 Å². The fourth-order valence-electron chi connectivity index (χ4n) is 5.73. The van der Waals surface area contributed by atoms with Crippen LogP contribution in [-0.2, 0) is 20.7 Å². The Balaban J connectivity index is 1.59. The third-order valence-electron chi connectivity index (χ3n) is 7.85. The topological polar surface area (TPSA) is 117 Å². The molecular formula is C33H39N3O4. The van der Waals surface area contributed by atoms with Gasteiger partial charge in [0.1, 0.15) is 6.61 Å². The lowest BCUT2D eigenvalue weighted by Crippen LogP contribution is -2.50. The number of benzene rings is 2. The van der Waals surface area contributed by atoms with E-state index in [4.69, 9.17) is 10.5 Å². The molecule has 0 bridgehead atoms. The van der Waals surface area contributed by atoms with Crippen molar-refractivity contribution in [3.63, 3.8) is 0 Å². The molecule has 2 aliphatic rings. The summed E-state index contributed by atoms with van der Waals surface area (Å²) >= 11 is 0. The summed E-state index contributed by atoms with van der Waals surface area (Å²) in [4.78, 5) is 29.2. The maximum Gasteiger partial charge on any atom is 0.334 e. The van der Waals surface area contributed by atoms with Gasteiger partial charge < -0.3 is 20.5 Å². The molecule has 0 spiro atoms. The molecule has 1 amide bonds. The molecule has 2 aromatic carbocycles. The van der Waals surface area contributed by atoms with Gasteiger partial charge in [0, 0.05) is 29.7 Å². The van der Waals surface area contributed by atoms with Gasteiger partial charge in [0.25, 0.3) is 5.91 Å². The van der Waals surface area contributed by atoms with Crippen molar-refractivity contribution in [3.8, 4) is 6.07 Å². The first-order valence-corrected chi connectivity index (χ1v) is 14.2. The fourth-order valence-corrected chi connectivity index (χ4v) is 5.73. The number of aliphatic hydroxyl groups excluding tert-OH is 1. The largest absolute Gasteiger partial charge is 0.460 e. The average molecular weight is 542 g/mol. The van der Waals surface area contributed by atoms with Crippen molar-refractivity contribution in [3.05, 3.63) is 94.6 Å². The van der Waals surface area contributed by atoms with Gasteiger partial charge in [0.2, 0.25) is 0 Å². The van der Waals surface area contributed by atoms with Crippen molar-refractivity contribution >= 4 is 11.9 Å². The molecule has 0 radical (unpaired) electrons. The molecule has 210 valence electrons. The highest BCUT2D eigenvalue weighted by atomic mass is 16.5. The van der Waals surface area contributed by atoms with Gasteiger partial charge in [0.15, 0.2) is 0 Å². The van der Waals surface area contributed by atoms with Gasteiger partial charge in [-0.05, 0) is 61.8 Å². The van der Waals surface area contributed by atoms with Gasteiger partial charge in [-0.25, -0.2) is 4.79 Å². The second kappa shape index (κ2) is 13.6. The van der Waals surface area contributed by atoms with Crippen LogP contribution in [0.3, 0.4) is 0 Å². The highest BCUT2D eigenvalue weighted by Crippen LogP contribution is 2.35. The molecule has 0 aromatic heterocycles. The molecule has 1 fully saturated rings. The minimum Gasteiger partial charge on any atom is -0.460 e. The molecule has 40 heavy (non-hydrogen) atoms. The van der Waals surface area contributed by atoms with Crippen LogP contribution in [0.1, 0.15) is 68.1 Å². The lowest BCUT2D eigenvalue weighted by atomic mass is 9.83. The van der Waals surface area contributed by atoms with Gasteiger partial charge in [-0.1, -0.05) is 68.0 Å². The Morgan fingerprint density at radius 2 is 1.90 bits per heavy atom. The Hall–Kier alpha value is -3.73. The number of nitrogens with two attached hydrogens (primary N) is 1. The molecule has 7 nitrogen and oxygen atoms in total. The van der Waals surface area contributed by atoms with E-state index in [1.807, 2.05) is 53.4 Å². The predicted octanol–water partition coefficient (Wildman–Crippen LogP) is 4.56. The number of carbonyl (C=O) groups is 2. The van der Waals surface area contributed by atoms with Crippen LogP contribution in [0.2, 0.25) is 0 Å². The lowest BCUT2D eigenvalue weighted by molar-refractivity contribution is -0.141. The fraction of sp³-hybridized carbons (Fsp3) is 0.424. The van der Waals surface area contributed by atoms with Crippen molar-refractivity contribution in [1.82, 2.24) is 4.90 Å². The number of aliphatic hydroxyl groups is 1. The molecule has 3 unspecified atom stereocenters. The van der Waals surface area contributed by atoms with E-state index in [0.717, 1.165) is 43.2 Å². The summed E-state index contributed by atoms with van der Waals surface area (Å²) in [6.07, 6.45) is 9.15. The molecule has 4 rings (SSSR count). The monoisotopic (exact) mass is 541 g/mol. The first kappa shape index (κ1) is 29.3. The van der Waals surface area contributed by atoms with Crippen LogP contribution in [0.15, 0.2) is 77.9 Å². The molecule has 0 saturated carbocycles. The first-order valence-electron chi connectivity index (χ1n) is 14.2. The van der Waals surface area contributed by atoms with Gasteiger partial charge in [-0.3, -0.25) is 4.79 Å². The molecule has 2 aromatic rings. The van der Waals surface area contributed by atoms with Crippen LogP contribution in [0.25, 0.3) is 0 Å². The number of ether oxygens (including phenoxy) is 1. The van der Waals surface area contributed by atoms with Crippen LogP contribution in [0.4, 0.5) is 0 Å². The van der Waals surface area contributed by atoms with E-state index < -0.39 is 11.5 Å². The molecule has 7 heteroatoms. The molecule has 1 saturated heterocycles. The Bertz CT molecular complexity index is 1290. The number of esters is 1. The Morgan fingerprint density at radius 1 is 1.15 bits per heavy atom. The highest BCUT2D eigenvalue weighted by molar-refractivity contribution is 6.00. The average Bonchev–Trinajstić information content (AvgIpc) is 3.00. The first-order chi connectivity index (χ1) is 19.4. The number of carbonyl (C=O) groups excluding carboxylic acids is 2. The number of amides is 1. The zero-order valence-corrected chi connectivity index (χ0v) is 23.2. The van der Waals surface area contributed by atoms with E-state index in [1.165, 1.54) is 0 Å². The van der Waals surface area contributed by atoms with E-state index in [-0.39, 0.29) is 31.1 Å². The number of likely N-dealkylation sites (tertiary alicyclic amines) is 1. The van der Waals surface area contributed by atoms with Gasteiger partial charge in [0.05, 0.1) is 23.8 Å². The summed E-state index contributed by atoms with van der Waals surface area (Å²) in [5, 5.41) is 19.8. The van der Waals surface area contributed by atoms with Crippen molar-refractivity contribution in [2.45, 2.75) is 69.4 Å². The third-order valence-corrected chi connectivity index (χ3v) is 7.85. The number of piperidine rings is 1. The summed E-state index contributed by atoms with van der Waals surface area (Å²) in [5.41, 5.74) is 8.29. The maximum absolute atomic E-state index is 13.8. The summed E-state index contributed by atoms with van der Waals surface area (Å²) in [6, 6.07) is 19.2. The van der Waals surface area contributed by atoms with Gasteiger partial charge in [-0.2, -0.15) is 5.26 Å². The number of hydrogen-bond donors (Lipinski definition) is 2. The van der Waals surface area contributed by atoms with Gasteiger partial charge >= 0.3 is 5.97 Å². The lowest BCUT2D eigenvalue weighted by Gasteiger charge is -2.37. The summed E-state index contributed by atoms with van der Waals surface area (Å²) in [6.45, 7) is 2.29. The Labute approximate surface area is 236 Å². The Kier molecular flexibility index (Phi) is 9.92. The third kappa shape index (κ3) is 7.07. The minimum absolute atomic E-state index is 0.0878. The standard InChI is InChI=1S/C33H39N3O4/c1-2-10-29-14-8-9-16-36(29)31(38)27-17-26(30-15-7-6-13-25(30)21-34)18-28(19-27)32(39)40-23-33(35,22-37)20-24-11-4-3-5-12-24/h3-7,11-13,15,17,19,26,29,37H,2,8-10,14,16,18,20,22-23,35H2,1H3. The van der Waals surface area contributed by atoms with Crippen molar-refractivity contribution in [1.29, 1.82) is 5.26 Å². The van der Waals surface area contributed by atoms with E-state index in [0.29, 0.717) is 36.1 Å².